The molecule has 188 valence electrons. The van der Waals surface area contributed by atoms with Gasteiger partial charge in [-0.15, -0.1) is 0 Å². The Labute approximate surface area is 214 Å². The number of nitrogens with zero attached hydrogens (tertiary/aromatic N) is 6. The van der Waals surface area contributed by atoms with Crippen LogP contribution in [0.5, 0.6) is 11.5 Å². The second kappa shape index (κ2) is 8.77. The fraction of sp³-hybridized carbons (Fsp3) is 0.240. The van der Waals surface area contributed by atoms with Crippen molar-refractivity contribution in [3.8, 4) is 22.8 Å². The molecule has 1 amide bonds. The first kappa shape index (κ1) is 23.3. The third kappa shape index (κ3) is 4.57. The van der Waals surface area contributed by atoms with Crippen LogP contribution in [0.25, 0.3) is 33.3 Å². The van der Waals surface area contributed by atoms with Gasteiger partial charge >= 0.3 is 0 Å². The van der Waals surface area contributed by atoms with E-state index in [0.717, 1.165) is 21.8 Å². The monoisotopic (exact) mass is 523 g/mol. The number of H-pyrrole nitrogens is 1. The Bertz CT molecular complexity index is 1670. The Hall–Kier alpha value is -4.12. The Morgan fingerprint density at radius 2 is 2.03 bits per heavy atom. The minimum absolute atomic E-state index is 0.0361. The van der Waals surface area contributed by atoms with Crippen molar-refractivity contribution in [3.63, 3.8) is 0 Å². The van der Waals surface area contributed by atoms with E-state index in [0.29, 0.717) is 38.8 Å². The molecule has 37 heavy (non-hydrogen) atoms. The first-order valence-electron chi connectivity index (χ1n) is 11.5. The second-order valence-corrected chi connectivity index (χ2v) is 9.33. The van der Waals surface area contributed by atoms with Gasteiger partial charge in [0.1, 0.15) is 34.4 Å². The summed E-state index contributed by atoms with van der Waals surface area (Å²) in [5.41, 5.74) is 3.81. The molecule has 1 fully saturated rings. The molecule has 5 aromatic rings. The molecule has 0 bridgehead atoms. The lowest BCUT2D eigenvalue weighted by Crippen LogP contribution is -2.34. The van der Waals surface area contributed by atoms with Crippen LogP contribution in [0.2, 0.25) is 5.02 Å². The molecule has 6 rings (SSSR count). The van der Waals surface area contributed by atoms with E-state index >= 15 is 0 Å². The molecule has 0 radical (unpaired) electrons. The highest BCUT2D eigenvalue weighted by atomic mass is 35.5. The Morgan fingerprint density at radius 1 is 1.19 bits per heavy atom. The standard InChI is InChI=1S/C25H20ClF2N7O2/c1-14-31-17-3-2-16(8-19(17)32-14)37-21-5-4-18-24(23(21)26)33-20(10-29-18)15-9-30-35(11-15)12-22(36)34-7-6-25(27,28)13-34/h2-5,8-11H,6-7,12-13H2,1H3,(H,31,32). The number of carbonyl (C=O) groups is 1. The van der Waals surface area contributed by atoms with E-state index in [2.05, 4.69) is 25.0 Å². The molecular weight excluding hydrogens is 504 g/mol. The lowest BCUT2D eigenvalue weighted by molar-refractivity contribution is -0.132. The molecule has 2 aromatic carbocycles. The summed E-state index contributed by atoms with van der Waals surface area (Å²) < 4.78 is 34.3. The van der Waals surface area contributed by atoms with Crippen LogP contribution in [0.15, 0.2) is 48.9 Å². The van der Waals surface area contributed by atoms with Gasteiger partial charge in [0, 0.05) is 30.8 Å². The summed E-state index contributed by atoms with van der Waals surface area (Å²) in [6, 6.07) is 9.01. The van der Waals surface area contributed by atoms with Crippen LogP contribution < -0.4 is 4.74 Å². The predicted molar refractivity (Wildman–Crippen MR) is 133 cm³/mol. The van der Waals surface area contributed by atoms with Gasteiger partial charge in [0.2, 0.25) is 5.91 Å². The van der Waals surface area contributed by atoms with E-state index in [1.54, 1.807) is 24.5 Å². The number of aromatic nitrogens is 6. The summed E-state index contributed by atoms with van der Waals surface area (Å²) in [6.07, 6.45) is 4.42. The third-order valence-electron chi connectivity index (χ3n) is 6.17. The second-order valence-electron chi connectivity index (χ2n) is 8.95. The molecule has 1 aliphatic heterocycles. The number of fused-ring (bicyclic) bond motifs is 2. The van der Waals surface area contributed by atoms with Crippen molar-refractivity contribution in [1.82, 2.24) is 34.6 Å². The van der Waals surface area contributed by atoms with Crippen LogP contribution in [0.4, 0.5) is 8.78 Å². The maximum atomic E-state index is 13.4. The van der Waals surface area contributed by atoms with Gasteiger partial charge in [-0.05, 0) is 31.2 Å². The smallest absolute Gasteiger partial charge is 0.267 e. The summed E-state index contributed by atoms with van der Waals surface area (Å²) in [6.45, 7) is 1.21. The number of nitrogens with one attached hydrogen (secondary N) is 1. The van der Waals surface area contributed by atoms with E-state index in [4.69, 9.17) is 16.3 Å². The molecule has 0 atom stereocenters. The van der Waals surface area contributed by atoms with E-state index in [-0.39, 0.29) is 19.5 Å². The van der Waals surface area contributed by atoms with Crippen molar-refractivity contribution in [2.75, 3.05) is 13.1 Å². The van der Waals surface area contributed by atoms with Crippen molar-refractivity contribution < 1.29 is 18.3 Å². The SMILES string of the molecule is Cc1nc2ccc(Oc3ccc4ncc(-c5cnn(CC(=O)N6CCC(F)(F)C6)c5)nc4c3Cl)cc2[nH]1. The number of alkyl halides is 2. The zero-order chi connectivity index (χ0) is 25.7. The summed E-state index contributed by atoms with van der Waals surface area (Å²) in [4.78, 5) is 30.2. The summed E-state index contributed by atoms with van der Waals surface area (Å²) in [5.74, 6) is -1.44. The zero-order valence-corrected chi connectivity index (χ0v) is 20.3. The van der Waals surface area contributed by atoms with Gasteiger partial charge in [-0.2, -0.15) is 5.10 Å². The van der Waals surface area contributed by atoms with Gasteiger partial charge in [0.05, 0.1) is 41.2 Å². The first-order chi connectivity index (χ1) is 17.7. The zero-order valence-electron chi connectivity index (χ0n) is 19.6. The quantitative estimate of drug-likeness (QED) is 0.348. The van der Waals surface area contributed by atoms with E-state index in [1.165, 1.54) is 10.9 Å². The minimum Gasteiger partial charge on any atom is -0.456 e. The number of hydrogen-bond donors (Lipinski definition) is 1. The van der Waals surface area contributed by atoms with Crippen LogP contribution in [0.3, 0.4) is 0 Å². The van der Waals surface area contributed by atoms with Crippen molar-refractivity contribution in [2.24, 2.45) is 0 Å². The molecule has 9 nitrogen and oxygen atoms in total. The summed E-state index contributed by atoms with van der Waals surface area (Å²) >= 11 is 6.66. The van der Waals surface area contributed by atoms with Crippen LogP contribution in [0, 0.1) is 6.92 Å². The fourth-order valence-corrected chi connectivity index (χ4v) is 4.56. The number of aromatic amines is 1. The first-order valence-corrected chi connectivity index (χ1v) is 11.9. The minimum atomic E-state index is -2.83. The van der Waals surface area contributed by atoms with Crippen molar-refractivity contribution in [3.05, 3.63) is 59.8 Å². The highest BCUT2D eigenvalue weighted by Gasteiger charge is 2.40. The lowest BCUT2D eigenvalue weighted by atomic mass is 10.2. The van der Waals surface area contributed by atoms with Gasteiger partial charge in [-0.1, -0.05) is 11.6 Å². The molecule has 0 aliphatic carbocycles. The lowest BCUT2D eigenvalue weighted by Gasteiger charge is -2.15. The van der Waals surface area contributed by atoms with Crippen LogP contribution in [-0.4, -0.2) is 59.5 Å². The number of ether oxygens (including phenoxy) is 1. The largest absolute Gasteiger partial charge is 0.456 e. The Kier molecular flexibility index (Phi) is 5.52. The summed E-state index contributed by atoms with van der Waals surface area (Å²) in [7, 11) is 0. The molecule has 12 heteroatoms. The van der Waals surface area contributed by atoms with Gasteiger partial charge in [0.15, 0.2) is 0 Å². The number of carbonyl (C=O) groups excluding carboxylic acids is 1. The number of amides is 1. The molecule has 1 N–H and O–H groups in total. The number of hydrogen-bond acceptors (Lipinski definition) is 6. The third-order valence-corrected chi connectivity index (χ3v) is 6.53. The molecule has 0 unspecified atom stereocenters. The molecule has 0 spiro atoms. The average molecular weight is 524 g/mol. The van der Waals surface area contributed by atoms with E-state index in [1.807, 2.05) is 25.1 Å². The predicted octanol–water partition coefficient (Wildman–Crippen LogP) is 4.99. The van der Waals surface area contributed by atoms with Gasteiger partial charge in [-0.3, -0.25) is 14.5 Å². The number of imidazole rings is 1. The maximum absolute atomic E-state index is 13.4. The Balaban J connectivity index is 1.24. The average Bonchev–Trinajstić information content (AvgIpc) is 3.58. The number of aryl methyl sites for hydroxylation is 1. The number of rotatable bonds is 5. The van der Waals surface area contributed by atoms with E-state index < -0.39 is 18.4 Å². The molecular formula is C25H20ClF2N7O2. The molecule has 3 aromatic heterocycles. The van der Waals surface area contributed by atoms with E-state index in [9.17, 15) is 13.6 Å². The summed E-state index contributed by atoms with van der Waals surface area (Å²) in [5, 5.41) is 4.49. The molecule has 4 heterocycles. The number of halogens is 3. The van der Waals surface area contributed by atoms with Crippen LogP contribution >= 0.6 is 11.6 Å². The van der Waals surface area contributed by atoms with Crippen molar-refractivity contribution in [2.45, 2.75) is 25.8 Å². The normalized spacial score (nSPS) is 15.1. The van der Waals surface area contributed by atoms with Crippen molar-refractivity contribution in [1.29, 1.82) is 0 Å². The Morgan fingerprint density at radius 3 is 2.84 bits per heavy atom. The van der Waals surface area contributed by atoms with Gasteiger partial charge in [-0.25, -0.2) is 18.7 Å². The van der Waals surface area contributed by atoms with Crippen LogP contribution in [-0.2, 0) is 11.3 Å². The number of likely N-dealkylation sites (tertiary alicyclic amines) is 1. The molecule has 0 saturated carbocycles. The number of benzene rings is 2. The van der Waals surface area contributed by atoms with Gasteiger partial charge < -0.3 is 14.6 Å². The molecule has 1 saturated heterocycles. The van der Waals surface area contributed by atoms with Gasteiger partial charge in [0.25, 0.3) is 5.92 Å². The van der Waals surface area contributed by atoms with Crippen LogP contribution in [0.1, 0.15) is 12.2 Å². The fourth-order valence-electron chi connectivity index (χ4n) is 4.32. The van der Waals surface area contributed by atoms with Crippen molar-refractivity contribution >= 4 is 39.6 Å². The highest BCUT2D eigenvalue weighted by molar-refractivity contribution is 6.36. The molecule has 1 aliphatic rings. The topological polar surface area (TPSA) is 102 Å². The maximum Gasteiger partial charge on any atom is 0.267 e. The highest BCUT2D eigenvalue weighted by Crippen LogP contribution is 2.35.